The summed E-state index contributed by atoms with van der Waals surface area (Å²) in [6.07, 6.45) is 0. The summed E-state index contributed by atoms with van der Waals surface area (Å²) in [7, 11) is 0. The Hall–Kier alpha value is -1.91. The molecule has 0 fully saturated rings. The van der Waals surface area contributed by atoms with Gasteiger partial charge in [0.15, 0.2) is 0 Å². The molecule has 0 aliphatic carbocycles. The van der Waals surface area contributed by atoms with Crippen LogP contribution in [0.5, 0.6) is 0 Å². The van der Waals surface area contributed by atoms with Gasteiger partial charge in [0, 0.05) is 11.1 Å². The molecule has 2 rings (SSSR count). The van der Waals surface area contributed by atoms with Crippen LogP contribution in [0.4, 0.5) is 0 Å². The summed E-state index contributed by atoms with van der Waals surface area (Å²) in [5.74, 6) is 8.54. The smallest absolute Gasteiger partial charge is 0.180 e. The molecule has 0 aliphatic heterocycles. The van der Waals surface area contributed by atoms with Crippen LogP contribution in [0.1, 0.15) is 11.1 Å². The lowest BCUT2D eigenvalue weighted by Gasteiger charge is -1.88. The highest BCUT2D eigenvalue weighted by Gasteiger charge is 2.01. The van der Waals surface area contributed by atoms with Gasteiger partial charge in [-0.3, -0.25) is 0 Å². The van der Waals surface area contributed by atoms with Crippen molar-refractivity contribution >= 4 is 14.1 Å². The van der Waals surface area contributed by atoms with Gasteiger partial charge in [0.1, 0.15) is 0 Å². The van der Waals surface area contributed by atoms with Crippen molar-refractivity contribution in [2.75, 3.05) is 0 Å². The normalized spacial score (nSPS) is 8.50. The summed E-state index contributed by atoms with van der Waals surface area (Å²) in [6, 6.07) is 20.1. The van der Waals surface area contributed by atoms with Gasteiger partial charge in [-0.15, -0.1) is 0 Å². The van der Waals surface area contributed by atoms with Crippen LogP contribution >= 0.6 is 0 Å². The van der Waals surface area contributed by atoms with E-state index in [9.17, 15) is 0 Å². The van der Waals surface area contributed by atoms with E-state index in [0.717, 1.165) is 11.1 Å². The number of hydrogen-bond donors (Lipinski definition) is 0. The third-order valence-electron chi connectivity index (χ3n) is 2.41. The average Bonchev–Trinajstić information content (AvgIpc) is 2.45. The maximum absolute atomic E-state index is 3.28. The summed E-state index contributed by atoms with van der Waals surface area (Å²) in [5.41, 5.74) is 2.14. The first kappa shape index (κ1) is 12.5. The van der Waals surface area contributed by atoms with Gasteiger partial charge in [0.2, 0.25) is 0 Å². The SMILES string of the molecule is [CH3][Al]([C]#Cc1ccccc1)[C]#Cc1ccccc1. The Morgan fingerprint density at radius 1 is 0.667 bits per heavy atom. The van der Waals surface area contributed by atoms with Crippen molar-refractivity contribution in [2.45, 2.75) is 5.79 Å². The molecule has 0 N–H and O–H groups in total. The molecule has 84 valence electrons. The number of hydrogen-bond acceptors (Lipinski definition) is 0. The first-order valence-corrected chi connectivity index (χ1v) is 8.29. The van der Waals surface area contributed by atoms with Crippen molar-refractivity contribution < 1.29 is 0 Å². The molecule has 0 bridgehead atoms. The predicted molar refractivity (Wildman–Crippen MR) is 78.3 cm³/mol. The zero-order chi connectivity index (χ0) is 12.6. The molecule has 1 heteroatoms. The minimum absolute atomic E-state index is 1.07. The summed E-state index contributed by atoms with van der Waals surface area (Å²) >= 11 is -1.26. The van der Waals surface area contributed by atoms with Crippen LogP contribution in [0.3, 0.4) is 0 Å². The van der Waals surface area contributed by atoms with E-state index in [-0.39, 0.29) is 0 Å². The molecule has 0 nitrogen and oxygen atoms in total. The number of rotatable bonds is 0. The molecule has 0 saturated heterocycles. The zero-order valence-electron chi connectivity index (χ0n) is 10.4. The van der Waals surface area contributed by atoms with Crippen LogP contribution in [0.25, 0.3) is 0 Å². The van der Waals surface area contributed by atoms with Crippen molar-refractivity contribution in [1.82, 2.24) is 0 Å². The summed E-state index contributed by atoms with van der Waals surface area (Å²) in [4.78, 5) is 6.57. The second-order valence-electron chi connectivity index (χ2n) is 3.99. The van der Waals surface area contributed by atoms with Crippen LogP contribution < -0.4 is 0 Å². The van der Waals surface area contributed by atoms with E-state index in [4.69, 9.17) is 0 Å². The van der Waals surface area contributed by atoms with Crippen LogP contribution in [0.15, 0.2) is 60.7 Å². The molecule has 18 heavy (non-hydrogen) atoms. The van der Waals surface area contributed by atoms with E-state index in [1.807, 2.05) is 60.7 Å². The van der Waals surface area contributed by atoms with Crippen LogP contribution in [0, 0.1) is 21.4 Å². The first-order valence-electron chi connectivity index (χ1n) is 5.98. The van der Waals surface area contributed by atoms with Gasteiger partial charge in [-0.05, 0) is 24.3 Å². The minimum Gasteiger partial charge on any atom is -0.180 e. The van der Waals surface area contributed by atoms with E-state index in [0.29, 0.717) is 0 Å². The fourth-order valence-electron chi connectivity index (χ4n) is 1.46. The lowest BCUT2D eigenvalue weighted by atomic mass is 10.2. The fourth-order valence-corrected chi connectivity index (χ4v) is 2.30. The molecule has 0 unspecified atom stereocenters. The second kappa shape index (κ2) is 6.74. The molecular formula is C17H13Al. The van der Waals surface area contributed by atoms with Crippen molar-refractivity contribution in [3.05, 3.63) is 71.8 Å². The van der Waals surface area contributed by atoms with E-state index >= 15 is 0 Å². The second-order valence-corrected chi connectivity index (χ2v) is 6.01. The molecular weight excluding hydrogens is 231 g/mol. The van der Waals surface area contributed by atoms with Gasteiger partial charge in [-0.25, -0.2) is 0 Å². The highest BCUT2D eigenvalue weighted by atomic mass is 27.2. The minimum atomic E-state index is -1.26. The van der Waals surface area contributed by atoms with Crippen LogP contribution in [-0.2, 0) is 0 Å². The maximum atomic E-state index is 3.28. The van der Waals surface area contributed by atoms with Crippen LogP contribution in [-0.4, -0.2) is 14.1 Å². The van der Waals surface area contributed by atoms with E-state index in [2.05, 4.69) is 27.2 Å². The summed E-state index contributed by atoms with van der Waals surface area (Å²) in [5, 5.41) is 0. The standard InChI is InChI=1S/2C8H5.CH3.Al/c2*1-2-8-6-4-3-5-7-8;;/h2*3-7H;1H3;. The lowest BCUT2D eigenvalue weighted by molar-refractivity contribution is 1.65. The Bertz CT molecular complexity index is 549. The van der Waals surface area contributed by atoms with Gasteiger partial charge in [0.05, 0.1) is 0 Å². The predicted octanol–water partition coefficient (Wildman–Crippen LogP) is 3.29. The maximum Gasteiger partial charge on any atom is 0.474 e. The third-order valence-corrected chi connectivity index (χ3v) is 3.57. The highest BCUT2D eigenvalue weighted by Crippen LogP contribution is 1.96. The monoisotopic (exact) mass is 244 g/mol. The molecule has 0 spiro atoms. The summed E-state index contributed by atoms with van der Waals surface area (Å²) < 4.78 is 0. The fraction of sp³-hybridized carbons (Fsp3) is 0.0588. The Morgan fingerprint density at radius 3 is 1.44 bits per heavy atom. The lowest BCUT2D eigenvalue weighted by Crippen LogP contribution is -1.99. The molecule has 2 aromatic carbocycles. The average molecular weight is 244 g/mol. The molecule has 0 aliphatic rings. The van der Waals surface area contributed by atoms with E-state index in [1.165, 1.54) is 0 Å². The van der Waals surface area contributed by atoms with Crippen molar-refractivity contribution in [2.24, 2.45) is 0 Å². The molecule has 2 aromatic rings. The van der Waals surface area contributed by atoms with Crippen molar-refractivity contribution in [1.29, 1.82) is 0 Å². The van der Waals surface area contributed by atoms with Gasteiger partial charge in [-0.2, -0.15) is 9.56 Å². The molecule has 0 amide bonds. The Balaban J connectivity index is 2.04. The third kappa shape index (κ3) is 4.16. The molecule has 0 aromatic heterocycles. The van der Waals surface area contributed by atoms with Crippen LogP contribution in [0.2, 0.25) is 5.79 Å². The topological polar surface area (TPSA) is 0 Å². The Kier molecular flexibility index (Phi) is 4.70. The highest BCUT2D eigenvalue weighted by molar-refractivity contribution is 6.74. The zero-order valence-corrected chi connectivity index (χ0v) is 11.5. The first-order chi connectivity index (χ1) is 8.84. The number of benzene rings is 2. The quantitative estimate of drug-likeness (QED) is 0.493. The van der Waals surface area contributed by atoms with Gasteiger partial charge in [-0.1, -0.05) is 54.0 Å². The van der Waals surface area contributed by atoms with Crippen molar-refractivity contribution in [3.63, 3.8) is 0 Å². The van der Waals surface area contributed by atoms with Crippen molar-refractivity contribution in [3.8, 4) is 21.4 Å². The van der Waals surface area contributed by atoms with E-state index < -0.39 is 14.1 Å². The van der Waals surface area contributed by atoms with E-state index in [1.54, 1.807) is 0 Å². The Morgan fingerprint density at radius 2 is 1.06 bits per heavy atom. The van der Waals surface area contributed by atoms with Gasteiger partial charge < -0.3 is 0 Å². The largest absolute Gasteiger partial charge is 0.474 e. The molecule has 0 atom stereocenters. The Labute approximate surface area is 113 Å². The van der Waals surface area contributed by atoms with Gasteiger partial charge >= 0.3 is 14.1 Å². The van der Waals surface area contributed by atoms with Gasteiger partial charge in [0.25, 0.3) is 0 Å². The molecule has 0 heterocycles. The molecule has 0 radical (unpaired) electrons. The molecule has 0 saturated carbocycles. The summed E-state index contributed by atoms with van der Waals surface area (Å²) in [6.45, 7) is 0.